The molecule has 7 heteroatoms. The van der Waals surface area contributed by atoms with Crippen LogP contribution in [-0.4, -0.2) is 21.5 Å². The lowest BCUT2D eigenvalue weighted by molar-refractivity contribution is -0.140. The van der Waals surface area contributed by atoms with Gasteiger partial charge in [-0.2, -0.15) is 0 Å². The van der Waals surface area contributed by atoms with Gasteiger partial charge in [0.2, 0.25) is 10.0 Å². The molecule has 0 radical (unpaired) electrons. The van der Waals surface area contributed by atoms with Crippen molar-refractivity contribution in [2.24, 2.45) is 5.92 Å². The number of methoxy groups -OCH3 is 1. The Hall–Kier alpha value is -1.89. The number of ether oxygens (including phenoxy) is 1. The first kappa shape index (κ1) is 24.7. The molecule has 1 N–H and O–H groups in total. The van der Waals surface area contributed by atoms with E-state index in [-0.39, 0.29) is 16.9 Å². The van der Waals surface area contributed by atoms with Crippen molar-refractivity contribution < 1.29 is 17.9 Å². The molecule has 0 saturated heterocycles. The van der Waals surface area contributed by atoms with Crippen molar-refractivity contribution in [3.63, 3.8) is 0 Å². The number of carbonyl (C=O) groups is 1. The summed E-state index contributed by atoms with van der Waals surface area (Å²) in [6, 6.07) is 14.0. The first-order valence-corrected chi connectivity index (χ1v) is 13.2. The zero-order chi connectivity index (χ0) is 23.0. The van der Waals surface area contributed by atoms with Crippen LogP contribution in [0.1, 0.15) is 68.5 Å². The number of aryl methyl sites for hydroxylation is 1. The van der Waals surface area contributed by atoms with E-state index < -0.39 is 10.0 Å². The summed E-state index contributed by atoms with van der Waals surface area (Å²) in [6.07, 6.45) is 8.65. The summed E-state index contributed by atoms with van der Waals surface area (Å²) in [5, 5.41) is 0.505. The number of carbonyl (C=O) groups excluding carboxylic acids is 1. The van der Waals surface area contributed by atoms with Gasteiger partial charge in [0.1, 0.15) is 0 Å². The van der Waals surface area contributed by atoms with Gasteiger partial charge in [0.15, 0.2) is 0 Å². The third-order valence-electron chi connectivity index (χ3n) is 6.17. The van der Waals surface area contributed by atoms with Gasteiger partial charge < -0.3 is 4.74 Å². The number of nitrogens with one attached hydrogen (secondary N) is 1. The lowest BCUT2D eigenvalue weighted by Crippen LogP contribution is -2.30. The monoisotopic (exact) mass is 477 g/mol. The third-order valence-corrected chi connectivity index (χ3v) is 7.91. The van der Waals surface area contributed by atoms with E-state index in [0.29, 0.717) is 17.4 Å². The predicted molar refractivity (Wildman–Crippen MR) is 127 cm³/mol. The van der Waals surface area contributed by atoms with Crippen LogP contribution in [0, 0.1) is 5.92 Å². The molecule has 1 unspecified atom stereocenters. The summed E-state index contributed by atoms with van der Waals surface area (Å²) in [5.41, 5.74) is 2.08. The maximum absolute atomic E-state index is 13.1. The highest BCUT2D eigenvalue weighted by molar-refractivity contribution is 7.89. The second-order valence-corrected chi connectivity index (χ2v) is 10.7. The van der Waals surface area contributed by atoms with Crippen LogP contribution < -0.4 is 4.72 Å². The minimum Gasteiger partial charge on any atom is -0.469 e. The summed E-state index contributed by atoms with van der Waals surface area (Å²) in [6.45, 7) is 0. The van der Waals surface area contributed by atoms with Crippen molar-refractivity contribution in [3.8, 4) is 0 Å². The summed E-state index contributed by atoms with van der Waals surface area (Å²) in [7, 11) is -2.27. The lowest BCUT2D eigenvalue weighted by Gasteiger charge is -2.27. The number of benzene rings is 2. The Kier molecular flexibility index (Phi) is 9.14. The Morgan fingerprint density at radius 3 is 2.34 bits per heavy atom. The minimum atomic E-state index is -3.67. The molecule has 1 atom stereocenters. The van der Waals surface area contributed by atoms with Gasteiger partial charge in [0.25, 0.3) is 0 Å². The number of hydrogen-bond donors (Lipinski definition) is 1. The summed E-state index contributed by atoms with van der Waals surface area (Å²) >= 11 is 5.93. The normalized spacial score (nSPS) is 15.9. The van der Waals surface area contributed by atoms with E-state index in [2.05, 4.69) is 9.46 Å². The van der Waals surface area contributed by atoms with E-state index >= 15 is 0 Å². The zero-order valence-electron chi connectivity index (χ0n) is 18.6. The molecule has 2 aromatic rings. The molecule has 3 rings (SSSR count). The Morgan fingerprint density at radius 2 is 1.72 bits per heavy atom. The van der Waals surface area contributed by atoms with Gasteiger partial charge in [-0.15, -0.1) is 0 Å². The van der Waals surface area contributed by atoms with Crippen LogP contribution in [-0.2, 0) is 26.0 Å². The summed E-state index contributed by atoms with van der Waals surface area (Å²) in [4.78, 5) is 11.5. The van der Waals surface area contributed by atoms with Crippen LogP contribution in [0.4, 0.5) is 0 Å². The molecule has 0 heterocycles. The van der Waals surface area contributed by atoms with Crippen LogP contribution in [0.15, 0.2) is 53.4 Å². The molecule has 2 aromatic carbocycles. The van der Waals surface area contributed by atoms with E-state index in [0.717, 1.165) is 43.2 Å². The summed E-state index contributed by atoms with van der Waals surface area (Å²) < 4.78 is 33.8. The fourth-order valence-corrected chi connectivity index (χ4v) is 5.70. The highest BCUT2D eigenvalue weighted by Gasteiger charge is 2.25. The molecule has 5 nitrogen and oxygen atoms in total. The van der Waals surface area contributed by atoms with E-state index in [9.17, 15) is 13.2 Å². The molecule has 0 bridgehead atoms. The van der Waals surface area contributed by atoms with Gasteiger partial charge in [-0.1, -0.05) is 68.0 Å². The SMILES string of the molecule is COC(=O)CCCc1ccc(C(CC2CCCCC2)NS(=O)(=O)c2ccc(Cl)cc2)cc1. The Bertz CT molecular complexity index is 968. The Morgan fingerprint density at radius 1 is 1.06 bits per heavy atom. The third kappa shape index (κ3) is 7.32. The van der Waals surface area contributed by atoms with Gasteiger partial charge in [0.05, 0.1) is 12.0 Å². The number of rotatable bonds is 10. The van der Waals surface area contributed by atoms with Crippen molar-refractivity contribution >= 4 is 27.6 Å². The van der Waals surface area contributed by atoms with Crippen LogP contribution in [0.2, 0.25) is 5.02 Å². The van der Waals surface area contributed by atoms with E-state index in [1.165, 1.54) is 38.5 Å². The van der Waals surface area contributed by atoms with Gasteiger partial charge >= 0.3 is 5.97 Å². The maximum Gasteiger partial charge on any atom is 0.305 e. The van der Waals surface area contributed by atoms with Crippen LogP contribution in [0.3, 0.4) is 0 Å². The smallest absolute Gasteiger partial charge is 0.305 e. The van der Waals surface area contributed by atoms with Crippen LogP contribution >= 0.6 is 11.6 Å². The number of halogens is 1. The van der Waals surface area contributed by atoms with Gasteiger partial charge in [0, 0.05) is 17.5 Å². The molecule has 174 valence electrons. The zero-order valence-corrected chi connectivity index (χ0v) is 20.1. The van der Waals surface area contributed by atoms with Crippen LogP contribution in [0.5, 0.6) is 0 Å². The molecule has 1 saturated carbocycles. The molecular weight excluding hydrogens is 446 g/mol. The first-order valence-electron chi connectivity index (χ1n) is 11.3. The average Bonchev–Trinajstić information content (AvgIpc) is 2.80. The molecule has 0 aliphatic heterocycles. The van der Waals surface area contributed by atoms with Crippen molar-refractivity contribution in [1.29, 1.82) is 0 Å². The van der Waals surface area contributed by atoms with E-state index in [4.69, 9.17) is 11.6 Å². The van der Waals surface area contributed by atoms with E-state index in [1.807, 2.05) is 24.3 Å². The molecule has 32 heavy (non-hydrogen) atoms. The second kappa shape index (κ2) is 11.8. The van der Waals surface area contributed by atoms with Crippen molar-refractivity contribution in [2.45, 2.75) is 68.7 Å². The molecule has 0 spiro atoms. The summed E-state index contributed by atoms with van der Waals surface area (Å²) in [5.74, 6) is 0.312. The number of sulfonamides is 1. The number of esters is 1. The topological polar surface area (TPSA) is 72.5 Å². The van der Waals surface area contributed by atoms with Gasteiger partial charge in [-0.05, 0) is 60.6 Å². The van der Waals surface area contributed by atoms with Crippen LogP contribution in [0.25, 0.3) is 0 Å². The fraction of sp³-hybridized carbons (Fsp3) is 0.480. The van der Waals surface area contributed by atoms with Crippen molar-refractivity contribution in [3.05, 3.63) is 64.7 Å². The molecule has 0 amide bonds. The Labute approximate surface area is 196 Å². The molecule has 1 aliphatic carbocycles. The van der Waals surface area contributed by atoms with Crippen molar-refractivity contribution in [1.82, 2.24) is 4.72 Å². The molecule has 1 fully saturated rings. The van der Waals surface area contributed by atoms with Gasteiger partial charge in [-0.25, -0.2) is 13.1 Å². The van der Waals surface area contributed by atoms with E-state index in [1.54, 1.807) is 12.1 Å². The standard InChI is InChI=1S/C25H32ClNO4S/c1-31-25(28)9-5-8-19-10-12-21(13-11-19)24(18-20-6-3-2-4-7-20)27-32(29,30)23-16-14-22(26)15-17-23/h10-17,20,24,27H,2-9,18H2,1H3. The Balaban J connectivity index is 1.74. The van der Waals surface area contributed by atoms with Crippen molar-refractivity contribution in [2.75, 3.05) is 7.11 Å². The minimum absolute atomic E-state index is 0.203. The second-order valence-electron chi connectivity index (χ2n) is 8.54. The molecule has 1 aliphatic rings. The fourth-order valence-electron chi connectivity index (χ4n) is 4.33. The highest BCUT2D eigenvalue weighted by Crippen LogP contribution is 2.33. The number of hydrogen-bond acceptors (Lipinski definition) is 4. The lowest BCUT2D eigenvalue weighted by atomic mass is 9.83. The highest BCUT2D eigenvalue weighted by atomic mass is 35.5. The first-order chi connectivity index (χ1) is 15.4. The largest absolute Gasteiger partial charge is 0.469 e. The predicted octanol–water partition coefficient (Wildman–Crippen LogP) is 5.83. The molecular formula is C25H32ClNO4S. The average molecular weight is 478 g/mol. The van der Waals surface area contributed by atoms with Gasteiger partial charge in [-0.3, -0.25) is 4.79 Å². The maximum atomic E-state index is 13.1. The quantitative estimate of drug-likeness (QED) is 0.437. The molecule has 0 aromatic heterocycles.